The van der Waals surface area contributed by atoms with Crippen molar-refractivity contribution in [2.24, 2.45) is 0 Å². The zero-order valence-electron chi connectivity index (χ0n) is 61.9. The fraction of sp³-hybridized carbons (Fsp3) is 0.969. The first-order valence-electron chi connectivity index (χ1n) is 37.2. The molecular weight excluding hydrogens is 1610 g/mol. The average molecular weight is 1720 g/mol. The van der Waals surface area contributed by atoms with Crippen molar-refractivity contribution in [2.75, 3.05) is 66.1 Å². The first kappa shape index (κ1) is 96.2. The molecule has 0 aliphatic carbocycles. The minimum absolute atomic E-state index is 0.802. The van der Waals surface area contributed by atoms with Gasteiger partial charge in [-0.25, -0.2) is 0 Å². The number of aliphatic hydroxyl groups is 30. The van der Waals surface area contributed by atoms with E-state index in [2.05, 4.69) is 10.6 Å². The summed E-state index contributed by atoms with van der Waals surface area (Å²) in [4.78, 5) is 25.2. The summed E-state index contributed by atoms with van der Waals surface area (Å²) in [6.45, 7) is -8.92. The van der Waals surface area contributed by atoms with Crippen molar-refractivity contribution >= 4 is 11.8 Å². The number of nitrogens with one attached hydrogen (secondary N) is 2. The molecule has 0 aromatic heterocycles. The van der Waals surface area contributed by atoms with Gasteiger partial charge in [-0.05, 0) is 0 Å². The van der Waals surface area contributed by atoms with Crippen LogP contribution in [0.5, 0.6) is 0 Å². The van der Waals surface area contributed by atoms with E-state index in [1.807, 2.05) is 0 Å². The smallest absolute Gasteiger partial charge is 0.217 e. The molecule has 10 heterocycles. The summed E-state index contributed by atoms with van der Waals surface area (Å²) in [6.07, 6.45) is -102. The van der Waals surface area contributed by atoms with E-state index in [1.54, 1.807) is 0 Å². The highest BCUT2D eigenvalue weighted by atomic mass is 16.8. The van der Waals surface area contributed by atoms with Crippen molar-refractivity contribution in [1.82, 2.24) is 10.6 Å². The zero-order valence-corrected chi connectivity index (χ0v) is 61.9. The van der Waals surface area contributed by atoms with Gasteiger partial charge in [0, 0.05) is 13.8 Å². The second-order valence-electron chi connectivity index (χ2n) is 29.6. The lowest BCUT2D eigenvalue weighted by atomic mass is 9.94. The van der Waals surface area contributed by atoms with Crippen LogP contribution >= 0.6 is 0 Å². The summed E-state index contributed by atoms with van der Waals surface area (Å²) in [5, 5.41) is 335. The monoisotopic (exact) mass is 1720 g/mol. The van der Waals surface area contributed by atoms with Gasteiger partial charge in [0.15, 0.2) is 62.9 Å². The second kappa shape index (κ2) is 41.9. The summed E-state index contributed by atoms with van der Waals surface area (Å²) in [5.41, 5.74) is 0. The average Bonchev–Trinajstić information content (AvgIpc) is 0.767. The lowest BCUT2D eigenvalue weighted by molar-refractivity contribution is -0.400. The number of ether oxygens (including phenoxy) is 19. The van der Waals surface area contributed by atoms with Crippen LogP contribution in [0.1, 0.15) is 13.8 Å². The normalized spacial score (nSPS) is 51.5. The SMILES string of the molecule is CC(=O)N[C@@H]1[C@@H](O)[C@H](O[C@@H]2O[C@H](CO)[C@@H](O[C@@H]3O[C@H](CO[C@H]4O[C@H](CO[C@H]5O[C@H](CO)[C@@H](O)[C@H](O)[C@@H]5O[C@H]5O[C@H](CO)[C@@H](O)[C@H](O)[C@@H]5O)[C@@H](O)[C@H](O[C@H]5O[C@H](CO)[C@@H](O)[C@H](O)[C@@H]5O)[C@@H]4O)[C@@H](O)[C@H](O[C@H]4O[C@H](CO)[C@@H](O)[C@H](O)[C@@H]4O[C@H]4O[C@H](CO[C@H]5O[C@H](CO)[C@@H](O)[C@H](O)[C@@H]5O)[C@@H](O)[C@H](O)[C@@H]4O)[C@@H]3O)[C@H](O)[C@H]2NC(C)=O)[C@@H](CO)O[C@H]1O. The predicted molar refractivity (Wildman–Crippen MR) is 353 cm³/mol. The van der Waals surface area contributed by atoms with Crippen molar-refractivity contribution in [2.45, 2.75) is 321 Å². The molecule has 0 bridgehead atoms. The third kappa shape index (κ3) is 20.9. The second-order valence-corrected chi connectivity index (χ2v) is 29.6. The summed E-state index contributed by atoms with van der Waals surface area (Å²) < 4.78 is 111. The fourth-order valence-electron chi connectivity index (χ4n) is 14.9. The molecule has 0 unspecified atom stereocenters. The Hall–Kier alpha value is -3.02. The predicted octanol–water partition coefficient (Wildman–Crippen LogP) is -22.5. The molecule has 0 saturated carbocycles. The van der Waals surface area contributed by atoms with Crippen molar-refractivity contribution in [1.29, 1.82) is 0 Å². The summed E-state index contributed by atoms with van der Waals surface area (Å²) in [6, 6.07) is -3.62. The fourth-order valence-corrected chi connectivity index (χ4v) is 14.9. The highest BCUT2D eigenvalue weighted by molar-refractivity contribution is 5.73. The molecule has 10 aliphatic rings. The molecule has 117 heavy (non-hydrogen) atoms. The molecule has 53 heteroatoms. The van der Waals surface area contributed by atoms with Crippen LogP contribution in [0, 0.1) is 0 Å². The molecule has 0 spiro atoms. The summed E-state index contributed by atoms with van der Waals surface area (Å²) >= 11 is 0. The molecule has 2 amide bonds. The van der Waals surface area contributed by atoms with Gasteiger partial charge in [0.2, 0.25) is 11.8 Å². The Kier molecular flexibility index (Phi) is 34.4. The van der Waals surface area contributed by atoms with E-state index in [9.17, 15) is 163 Å². The maximum Gasteiger partial charge on any atom is 0.217 e. The van der Waals surface area contributed by atoms with E-state index in [4.69, 9.17) is 90.0 Å². The number of carbonyl (C=O) groups is 2. The Morgan fingerprint density at radius 3 is 0.889 bits per heavy atom. The quantitative estimate of drug-likeness (QED) is 0.0318. The molecule has 10 saturated heterocycles. The lowest BCUT2D eigenvalue weighted by Gasteiger charge is -2.51. The van der Waals surface area contributed by atoms with Crippen molar-refractivity contribution < 1.29 is 253 Å². The van der Waals surface area contributed by atoms with E-state index >= 15 is 0 Å². The van der Waals surface area contributed by atoms with Crippen LogP contribution in [0.2, 0.25) is 0 Å². The van der Waals surface area contributed by atoms with Crippen LogP contribution in [0.4, 0.5) is 0 Å². The molecule has 0 radical (unpaired) electrons. The van der Waals surface area contributed by atoms with Crippen LogP contribution < -0.4 is 10.6 Å². The van der Waals surface area contributed by atoms with Gasteiger partial charge in [-0.2, -0.15) is 0 Å². The van der Waals surface area contributed by atoms with Gasteiger partial charge in [-0.15, -0.1) is 0 Å². The topological polar surface area (TPSA) is 840 Å². The summed E-state index contributed by atoms with van der Waals surface area (Å²) in [7, 11) is 0. The molecule has 10 rings (SSSR count). The van der Waals surface area contributed by atoms with E-state index in [-0.39, 0.29) is 0 Å². The summed E-state index contributed by atoms with van der Waals surface area (Å²) in [5.74, 6) is -1.77. The third-order valence-electron chi connectivity index (χ3n) is 21.6. The van der Waals surface area contributed by atoms with E-state index in [0.29, 0.717) is 0 Å². The minimum atomic E-state index is -2.61. The van der Waals surface area contributed by atoms with Gasteiger partial charge in [-0.1, -0.05) is 0 Å². The minimum Gasteiger partial charge on any atom is -0.394 e. The highest BCUT2D eigenvalue weighted by Crippen LogP contribution is 2.40. The van der Waals surface area contributed by atoms with Gasteiger partial charge in [-0.3, -0.25) is 9.59 Å². The van der Waals surface area contributed by atoms with Gasteiger partial charge < -0.3 is 254 Å². The maximum atomic E-state index is 13.0. The molecule has 680 valence electrons. The van der Waals surface area contributed by atoms with Crippen LogP contribution in [0.25, 0.3) is 0 Å². The lowest BCUT2D eigenvalue weighted by Crippen LogP contribution is -2.70. The first-order chi connectivity index (χ1) is 55.4. The molecule has 10 fully saturated rings. The first-order valence-corrected chi connectivity index (χ1v) is 37.2. The number of amides is 2. The van der Waals surface area contributed by atoms with Gasteiger partial charge in [0.25, 0.3) is 0 Å². The molecule has 0 aromatic rings. The zero-order chi connectivity index (χ0) is 85.9. The third-order valence-corrected chi connectivity index (χ3v) is 21.6. The number of aliphatic hydroxyl groups excluding tert-OH is 30. The molecule has 10 aliphatic heterocycles. The van der Waals surface area contributed by atoms with Crippen molar-refractivity contribution in [3.8, 4) is 0 Å². The van der Waals surface area contributed by atoms with Crippen LogP contribution in [-0.2, 0) is 99.6 Å². The number of hydrogen-bond donors (Lipinski definition) is 32. The van der Waals surface area contributed by atoms with Crippen molar-refractivity contribution in [3.05, 3.63) is 0 Å². The Morgan fingerprint density at radius 1 is 0.222 bits per heavy atom. The Bertz CT molecular complexity index is 3050. The van der Waals surface area contributed by atoms with Gasteiger partial charge >= 0.3 is 0 Å². The van der Waals surface area contributed by atoms with Crippen LogP contribution in [0.3, 0.4) is 0 Å². The Balaban J connectivity index is 0.975. The molecule has 0 aromatic carbocycles. The van der Waals surface area contributed by atoms with E-state index in [0.717, 1.165) is 13.8 Å². The van der Waals surface area contributed by atoms with Crippen LogP contribution in [0.15, 0.2) is 0 Å². The standard InChI is InChI=1S/C64H108N2O51/c1-13(74)65-25-35(84)49(20(8-72)102-55(25)98)112-56-26(66-14(2)75)36(85)50(21(9-73)108-56)113-62-48(97)52(115-64-54(42(91)31(80)19(7-71)107-64)117-61-46(95)40(89)32(81)22(110-61)10-99-57-43(92)37(86)27(76)15(3-67)103-57)34(83)24(111-62)11-100-58-47(96)51(114-59-44(93)38(87)28(77)16(4-68)104-59)33(82)23(109-58)12-101-63-53(41(90)30(79)18(6-70)106-63)116-60-45(94)39(88)29(78)17(5-69)105-60/h15-64,67-73,76-98H,3-12H2,1-2H3,(H,65,74)(H,66,75)/t15-,16-,17-,18-,19-,20-,21-,22-,23-,24-,25-,26-,27-,28-,29-,30-,31-,32-,33-,34-,35-,36-,37+,38+,39+,40+,41+,42+,43+,44+,45+,46+,47+,48+,49-,50-,51+,52+,53+,54+,55-,56+,57+,58+,59-,60-,61-,62+,63+,64-/m1/s1. The number of rotatable bonds is 30. The van der Waals surface area contributed by atoms with Crippen molar-refractivity contribution in [3.63, 3.8) is 0 Å². The Morgan fingerprint density at radius 2 is 0.470 bits per heavy atom. The van der Waals surface area contributed by atoms with E-state index < -0.39 is 385 Å². The van der Waals surface area contributed by atoms with Crippen LogP contribution in [-0.4, -0.2) is 538 Å². The number of hydrogen-bond acceptors (Lipinski definition) is 51. The Labute approximate surface area is 660 Å². The molecule has 53 nitrogen and oxygen atoms in total. The molecule has 50 atom stereocenters. The van der Waals surface area contributed by atoms with Gasteiger partial charge in [0.1, 0.15) is 244 Å². The molecule has 32 N–H and O–H groups in total. The number of carbonyl (C=O) groups excluding carboxylic acids is 2. The van der Waals surface area contributed by atoms with E-state index in [1.165, 1.54) is 0 Å². The largest absolute Gasteiger partial charge is 0.394 e. The highest BCUT2D eigenvalue weighted by Gasteiger charge is 2.61. The maximum absolute atomic E-state index is 13.0. The molecular formula is C64H108N2O51. The van der Waals surface area contributed by atoms with Gasteiger partial charge in [0.05, 0.1) is 66.1 Å².